The third-order valence-electron chi connectivity index (χ3n) is 5.44. The van der Waals surface area contributed by atoms with E-state index in [-0.39, 0.29) is 11.3 Å². The Kier molecular flexibility index (Phi) is 6.74. The SMILES string of the molecule is CCOc1ccc(C(O)=C2C(=O)C(=O)N(CCCn3ccnc3)C2c2ccncc2)cc1Cl. The molecule has 0 bridgehead atoms. The number of pyridine rings is 1. The molecule has 0 radical (unpaired) electrons. The molecule has 1 aromatic carbocycles. The number of amides is 1. The molecule has 0 saturated carbocycles. The number of halogens is 1. The summed E-state index contributed by atoms with van der Waals surface area (Å²) in [5, 5.41) is 11.4. The van der Waals surface area contributed by atoms with Crippen LogP contribution in [0.25, 0.3) is 5.76 Å². The average Bonchev–Trinajstić information content (AvgIpc) is 3.43. The summed E-state index contributed by atoms with van der Waals surface area (Å²) < 4.78 is 7.35. The fourth-order valence-electron chi connectivity index (χ4n) is 3.92. The summed E-state index contributed by atoms with van der Waals surface area (Å²) in [5.41, 5.74) is 1.04. The largest absolute Gasteiger partial charge is 0.507 e. The number of aryl methyl sites for hydroxylation is 1. The van der Waals surface area contributed by atoms with Crippen molar-refractivity contribution in [2.24, 2.45) is 0 Å². The third kappa shape index (κ3) is 4.61. The van der Waals surface area contributed by atoms with Crippen molar-refractivity contribution in [3.05, 3.63) is 83.2 Å². The van der Waals surface area contributed by atoms with Gasteiger partial charge in [0.25, 0.3) is 11.7 Å². The molecule has 4 rings (SSSR count). The van der Waals surface area contributed by atoms with Crippen molar-refractivity contribution in [2.75, 3.05) is 13.2 Å². The molecule has 1 aliphatic rings. The molecule has 1 unspecified atom stereocenters. The minimum atomic E-state index is -0.735. The van der Waals surface area contributed by atoms with Crippen LogP contribution in [0.15, 0.2) is 67.0 Å². The van der Waals surface area contributed by atoms with E-state index in [0.717, 1.165) is 0 Å². The van der Waals surface area contributed by atoms with E-state index in [0.29, 0.717) is 48.0 Å². The first-order valence-corrected chi connectivity index (χ1v) is 11.0. The number of imidazole rings is 1. The molecule has 1 fully saturated rings. The standard InChI is InChI=1S/C24H23ClN4O4/c1-2-33-19-5-4-17(14-18(19)25)22(30)20-21(16-6-8-26-9-7-16)29(24(32)23(20)31)12-3-11-28-13-10-27-15-28/h4-10,13-15,21,30H,2-3,11-12H2,1H3. The van der Waals surface area contributed by atoms with Crippen LogP contribution in [0.2, 0.25) is 5.02 Å². The Labute approximate surface area is 196 Å². The highest BCUT2D eigenvalue weighted by atomic mass is 35.5. The molecule has 2 aromatic heterocycles. The van der Waals surface area contributed by atoms with E-state index in [1.807, 2.05) is 17.7 Å². The summed E-state index contributed by atoms with van der Waals surface area (Å²) in [7, 11) is 0. The predicted molar refractivity (Wildman–Crippen MR) is 123 cm³/mol. The molecule has 0 spiro atoms. The lowest BCUT2D eigenvalue weighted by atomic mass is 9.96. The molecule has 8 nitrogen and oxygen atoms in total. The minimum absolute atomic E-state index is 0.0223. The van der Waals surface area contributed by atoms with Gasteiger partial charge in [0.05, 0.1) is 29.6 Å². The van der Waals surface area contributed by atoms with Gasteiger partial charge < -0.3 is 19.3 Å². The fraction of sp³-hybridized carbons (Fsp3) is 0.250. The molecule has 1 atom stereocenters. The first-order chi connectivity index (χ1) is 16.0. The second-order valence-corrected chi connectivity index (χ2v) is 7.91. The zero-order valence-corrected chi connectivity index (χ0v) is 18.8. The van der Waals surface area contributed by atoms with E-state index >= 15 is 0 Å². The lowest BCUT2D eigenvalue weighted by Gasteiger charge is -2.25. The number of hydrogen-bond donors (Lipinski definition) is 1. The quantitative estimate of drug-likeness (QED) is 0.308. The number of benzene rings is 1. The van der Waals surface area contributed by atoms with Gasteiger partial charge in [-0.05, 0) is 49.2 Å². The van der Waals surface area contributed by atoms with Gasteiger partial charge >= 0.3 is 0 Å². The van der Waals surface area contributed by atoms with Crippen molar-refractivity contribution < 1.29 is 19.4 Å². The average molecular weight is 467 g/mol. The summed E-state index contributed by atoms with van der Waals surface area (Å²) in [6.45, 7) is 3.25. The van der Waals surface area contributed by atoms with Gasteiger partial charge in [0.15, 0.2) is 0 Å². The Morgan fingerprint density at radius 1 is 1.12 bits per heavy atom. The molecule has 0 aliphatic carbocycles. The topological polar surface area (TPSA) is 97.6 Å². The van der Waals surface area contributed by atoms with E-state index in [4.69, 9.17) is 16.3 Å². The number of hydrogen-bond acceptors (Lipinski definition) is 6. The zero-order valence-electron chi connectivity index (χ0n) is 18.0. The molecule has 3 heterocycles. The van der Waals surface area contributed by atoms with Gasteiger partial charge in [-0.2, -0.15) is 0 Å². The van der Waals surface area contributed by atoms with Gasteiger partial charge in [0, 0.05) is 43.4 Å². The highest BCUT2D eigenvalue weighted by Gasteiger charge is 2.45. The van der Waals surface area contributed by atoms with Crippen LogP contribution in [0.3, 0.4) is 0 Å². The molecule has 1 amide bonds. The molecule has 170 valence electrons. The summed E-state index contributed by atoms with van der Waals surface area (Å²) in [4.78, 5) is 35.6. The first-order valence-electron chi connectivity index (χ1n) is 10.6. The summed E-state index contributed by atoms with van der Waals surface area (Å²) in [6.07, 6.45) is 9.02. The number of aliphatic hydroxyl groups excluding tert-OH is 1. The number of aromatic nitrogens is 3. The highest BCUT2D eigenvalue weighted by Crippen LogP contribution is 2.40. The maximum atomic E-state index is 13.1. The monoisotopic (exact) mass is 466 g/mol. The summed E-state index contributed by atoms with van der Waals surface area (Å²) in [5.74, 6) is -1.19. The van der Waals surface area contributed by atoms with E-state index in [1.165, 1.54) is 11.0 Å². The van der Waals surface area contributed by atoms with Gasteiger partial charge in [-0.15, -0.1) is 0 Å². The molecule has 3 aromatic rings. The molecule has 33 heavy (non-hydrogen) atoms. The van der Waals surface area contributed by atoms with Crippen LogP contribution in [-0.2, 0) is 16.1 Å². The Morgan fingerprint density at radius 3 is 2.58 bits per heavy atom. The van der Waals surface area contributed by atoms with Crippen LogP contribution in [-0.4, -0.2) is 49.4 Å². The first kappa shape index (κ1) is 22.5. The van der Waals surface area contributed by atoms with E-state index in [9.17, 15) is 14.7 Å². The third-order valence-corrected chi connectivity index (χ3v) is 5.74. The van der Waals surface area contributed by atoms with Gasteiger partial charge in [-0.25, -0.2) is 4.98 Å². The maximum absolute atomic E-state index is 13.1. The molecule has 1 N–H and O–H groups in total. The number of rotatable bonds is 8. The number of ether oxygens (including phenoxy) is 1. The lowest BCUT2D eigenvalue weighted by molar-refractivity contribution is -0.139. The number of ketones is 1. The Balaban J connectivity index is 1.71. The smallest absolute Gasteiger partial charge is 0.295 e. The normalized spacial score (nSPS) is 17.5. The number of Topliss-reactive ketones (excluding diaryl/α,β-unsaturated/α-hetero) is 1. The van der Waals surface area contributed by atoms with Crippen LogP contribution < -0.4 is 4.74 Å². The van der Waals surface area contributed by atoms with E-state index in [2.05, 4.69) is 9.97 Å². The summed E-state index contributed by atoms with van der Waals surface area (Å²) in [6, 6.07) is 7.50. The number of carbonyl (C=O) groups excluding carboxylic acids is 2. The maximum Gasteiger partial charge on any atom is 0.295 e. The van der Waals surface area contributed by atoms with Crippen molar-refractivity contribution in [3.63, 3.8) is 0 Å². The van der Waals surface area contributed by atoms with Gasteiger partial charge in [-0.3, -0.25) is 14.6 Å². The Bertz CT molecular complexity index is 1180. The number of likely N-dealkylation sites (tertiary alicyclic amines) is 1. The molecule has 9 heteroatoms. The predicted octanol–water partition coefficient (Wildman–Crippen LogP) is 3.84. The van der Waals surface area contributed by atoms with Crippen LogP contribution in [0.5, 0.6) is 5.75 Å². The van der Waals surface area contributed by atoms with Crippen LogP contribution in [0, 0.1) is 0 Å². The second-order valence-electron chi connectivity index (χ2n) is 7.51. The minimum Gasteiger partial charge on any atom is -0.507 e. The molecular formula is C24H23ClN4O4. The zero-order chi connectivity index (χ0) is 23.4. The van der Waals surface area contributed by atoms with Crippen molar-refractivity contribution in [1.29, 1.82) is 0 Å². The fourth-order valence-corrected chi connectivity index (χ4v) is 4.16. The summed E-state index contributed by atoms with van der Waals surface area (Å²) >= 11 is 6.29. The Morgan fingerprint density at radius 2 is 1.91 bits per heavy atom. The second kappa shape index (κ2) is 9.87. The number of carbonyl (C=O) groups is 2. The van der Waals surface area contributed by atoms with Crippen molar-refractivity contribution in [3.8, 4) is 5.75 Å². The van der Waals surface area contributed by atoms with Crippen molar-refractivity contribution in [1.82, 2.24) is 19.4 Å². The van der Waals surface area contributed by atoms with Gasteiger partial charge in [0.2, 0.25) is 0 Å². The Hall–Kier alpha value is -3.65. The molecular weight excluding hydrogens is 444 g/mol. The van der Waals surface area contributed by atoms with Crippen molar-refractivity contribution >= 4 is 29.1 Å². The van der Waals surface area contributed by atoms with Gasteiger partial charge in [-0.1, -0.05) is 11.6 Å². The lowest BCUT2D eigenvalue weighted by Crippen LogP contribution is -2.31. The van der Waals surface area contributed by atoms with Crippen molar-refractivity contribution in [2.45, 2.75) is 25.9 Å². The van der Waals surface area contributed by atoms with Crippen LogP contribution in [0.1, 0.15) is 30.5 Å². The molecule has 1 saturated heterocycles. The number of nitrogens with zero attached hydrogens (tertiary/aromatic N) is 4. The van der Waals surface area contributed by atoms with Gasteiger partial charge in [0.1, 0.15) is 11.5 Å². The van der Waals surface area contributed by atoms with Crippen LogP contribution in [0.4, 0.5) is 0 Å². The van der Waals surface area contributed by atoms with Crippen LogP contribution >= 0.6 is 11.6 Å². The highest BCUT2D eigenvalue weighted by molar-refractivity contribution is 6.46. The molecule has 1 aliphatic heterocycles. The van der Waals surface area contributed by atoms with E-state index in [1.54, 1.807) is 49.2 Å². The van der Waals surface area contributed by atoms with E-state index < -0.39 is 17.7 Å². The number of aliphatic hydroxyl groups is 1.